The zero-order valence-corrected chi connectivity index (χ0v) is 25.1. The van der Waals surface area contributed by atoms with Gasteiger partial charge in [0.2, 0.25) is 5.91 Å². The van der Waals surface area contributed by atoms with Crippen LogP contribution in [-0.2, 0) is 17.6 Å². The third-order valence-corrected chi connectivity index (χ3v) is 9.63. The summed E-state index contributed by atoms with van der Waals surface area (Å²) in [6.07, 6.45) is 2.86. The van der Waals surface area contributed by atoms with Crippen molar-refractivity contribution in [1.29, 1.82) is 5.26 Å². The molecule has 0 bridgehead atoms. The van der Waals surface area contributed by atoms with Crippen molar-refractivity contribution in [3.05, 3.63) is 69.0 Å². The summed E-state index contributed by atoms with van der Waals surface area (Å²) >= 11 is 6.24. The predicted molar refractivity (Wildman–Crippen MR) is 160 cm³/mol. The van der Waals surface area contributed by atoms with Gasteiger partial charge in [0.15, 0.2) is 11.0 Å². The van der Waals surface area contributed by atoms with Crippen molar-refractivity contribution in [2.75, 3.05) is 11.1 Å². The van der Waals surface area contributed by atoms with Crippen molar-refractivity contribution < 1.29 is 9.90 Å². The minimum atomic E-state index is -0.211. The number of fused-ring (bicyclic) bond motifs is 1. The number of carbonyl (C=O) groups is 1. The Balaban J connectivity index is 1.37. The number of aromatic hydroxyl groups is 1. The number of benzene rings is 2. The summed E-state index contributed by atoms with van der Waals surface area (Å²) in [6.45, 7) is 6.79. The van der Waals surface area contributed by atoms with E-state index in [0.717, 1.165) is 35.0 Å². The average molecular weight is 623 g/mol. The number of hydrogen-bond acceptors (Lipinski definition) is 7. The van der Waals surface area contributed by atoms with Crippen LogP contribution in [-0.4, -0.2) is 31.5 Å². The molecule has 2 aromatic heterocycles. The molecule has 2 N–H and O–H groups in total. The monoisotopic (exact) mass is 621 g/mol. The molecule has 0 saturated carbocycles. The number of phenols is 1. The van der Waals surface area contributed by atoms with Crippen LogP contribution in [0.15, 0.2) is 58.2 Å². The zero-order valence-electron chi connectivity index (χ0n) is 21.9. The first-order chi connectivity index (χ1) is 18.7. The Bertz CT molecular complexity index is 1570. The topological polar surface area (TPSA) is 104 Å². The molecule has 0 aliphatic heterocycles. The maximum Gasteiger partial charge on any atom is 0.235 e. The number of nitriles is 1. The highest BCUT2D eigenvalue weighted by Gasteiger charge is 2.32. The molecule has 1 aliphatic carbocycles. The number of nitrogens with zero attached hydrogens (tertiary/aromatic N) is 4. The first-order valence-electron chi connectivity index (χ1n) is 12.6. The van der Waals surface area contributed by atoms with E-state index in [2.05, 4.69) is 58.3 Å². The lowest BCUT2D eigenvalue weighted by atomic mass is 9.72. The molecule has 0 radical (unpaired) electrons. The van der Waals surface area contributed by atoms with Crippen LogP contribution in [0.3, 0.4) is 0 Å². The van der Waals surface area contributed by atoms with E-state index in [0.29, 0.717) is 33.0 Å². The number of nitrogens with one attached hydrogen (secondary N) is 1. The summed E-state index contributed by atoms with van der Waals surface area (Å²) < 4.78 is 2.63. The maximum absolute atomic E-state index is 13.1. The van der Waals surface area contributed by atoms with Gasteiger partial charge in [-0.1, -0.05) is 66.7 Å². The fourth-order valence-electron chi connectivity index (χ4n) is 4.86. The van der Waals surface area contributed by atoms with Crippen LogP contribution in [0.2, 0.25) is 0 Å². The average Bonchev–Trinajstić information content (AvgIpc) is 3.49. The summed E-state index contributed by atoms with van der Waals surface area (Å²) in [5, 5.41) is 33.3. The van der Waals surface area contributed by atoms with Crippen LogP contribution in [0.25, 0.3) is 17.1 Å². The van der Waals surface area contributed by atoms with Gasteiger partial charge in [-0.05, 0) is 66.5 Å². The Morgan fingerprint density at radius 1 is 1.26 bits per heavy atom. The lowest BCUT2D eigenvalue weighted by Gasteiger charge is -2.33. The fraction of sp³-hybridized carbons (Fsp3) is 0.310. The molecular formula is C29H28BrN5O2S2. The van der Waals surface area contributed by atoms with Gasteiger partial charge in [-0.3, -0.25) is 9.36 Å². The molecular weight excluding hydrogens is 594 g/mol. The van der Waals surface area contributed by atoms with Crippen LogP contribution in [0.1, 0.15) is 43.2 Å². The van der Waals surface area contributed by atoms with Crippen LogP contribution >= 0.6 is 39.0 Å². The molecule has 39 heavy (non-hydrogen) atoms. The molecule has 0 fully saturated rings. The van der Waals surface area contributed by atoms with Gasteiger partial charge in [0, 0.05) is 15.0 Å². The highest BCUT2D eigenvalue weighted by atomic mass is 79.9. The quantitative estimate of drug-likeness (QED) is 0.220. The normalized spacial score (nSPS) is 15.0. The molecule has 1 atom stereocenters. The number of carbonyl (C=O) groups excluding carboxylic acids is 1. The maximum atomic E-state index is 13.1. The van der Waals surface area contributed by atoms with Crippen molar-refractivity contribution in [3.63, 3.8) is 0 Å². The van der Waals surface area contributed by atoms with Crippen molar-refractivity contribution in [2.24, 2.45) is 11.3 Å². The fourth-order valence-corrected chi connectivity index (χ4v) is 7.27. The van der Waals surface area contributed by atoms with Crippen LogP contribution < -0.4 is 5.32 Å². The van der Waals surface area contributed by atoms with Crippen molar-refractivity contribution >= 4 is 49.9 Å². The Morgan fingerprint density at radius 3 is 2.74 bits per heavy atom. The molecule has 200 valence electrons. The third-order valence-electron chi connectivity index (χ3n) is 7.03. The number of rotatable bonds is 6. The highest BCUT2D eigenvalue weighted by molar-refractivity contribution is 9.10. The second kappa shape index (κ2) is 11.2. The van der Waals surface area contributed by atoms with E-state index in [4.69, 9.17) is 0 Å². The number of hydrogen-bond donors (Lipinski definition) is 2. The van der Waals surface area contributed by atoms with Gasteiger partial charge in [-0.15, -0.1) is 21.5 Å². The van der Waals surface area contributed by atoms with Gasteiger partial charge in [0.05, 0.1) is 16.9 Å². The van der Waals surface area contributed by atoms with E-state index in [1.54, 1.807) is 18.2 Å². The minimum absolute atomic E-state index is 0.0801. The molecule has 5 rings (SSSR count). The first-order valence-corrected chi connectivity index (χ1v) is 15.2. The number of aromatic nitrogens is 3. The number of thiophene rings is 1. The van der Waals surface area contributed by atoms with Crippen LogP contribution in [0.4, 0.5) is 5.00 Å². The second-order valence-corrected chi connectivity index (χ2v) is 13.6. The molecule has 7 nitrogen and oxygen atoms in total. The number of anilines is 1. The highest BCUT2D eigenvalue weighted by Crippen LogP contribution is 2.44. The minimum Gasteiger partial charge on any atom is -0.507 e. The molecule has 1 aliphatic rings. The van der Waals surface area contributed by atoms with Gasteiger partial charge in [0.25, 0.3) is 0 Å². The number of halogens is 1. The summed E-state index contributed by atoms with van der Waals surface area (Å²) in [5.41, 5.74) is 3.22. The summed E-state index contributed by atoms with van der Waals surface area (Å²) in [5.74, 6) is 0.980. The van der Waals surface area contributed by atoms with E-state index >= 15 is 0 Å². The zero-order chi connectivity index (χ0) is 27.7. The Hall–Kier alpha value is -3.13. The van der Waals surface area contributed by atoms with E-state index in [9.17, 15) is 15.2 Å². The van der Waals surface area contributed by atoms with E-state index < -0.39 is 0 Å². The molecule has 0 saturated heterocycles. The number of thioether (sulfide) groups is 1. The van der Waals surface area contributed by atoms with Crippen LogP contribution in [0.5, 0.6) is 5.75 Å². The molecule has 2 heterocycles. The summed E-state index contributed by atoms with van der Waals surface area (Å²) in [6, 6.07) is 17.1. The lowest BCUT2D eigenvalue weighted by Crippen LogP contribution is -2.26. The molecule has 0 unspecified atom stereocenters. The number of para-hydroxylation sites is 1. The van der Waals surface area contributed by atoms with Gasteiger partial charge in [0.1, 0.15) is 16.8 Å². The van der Waals surface area contributed by atoms with Gasteiger partial charge in [-0.2, -0.15) is 5.26 Å². The Labute approximate surface area is 244 Å². The second-order valence-electron chi connectivity index (χ2n) is 10.6. The predicted octanol–water partition coefficient (Wildman–Crippen LogP) is 7.22. The summed E-state index contributed by atoms with van der Waals surface area (Å²) in [7, 11) is 0. The number of amides is 1. The smallest absolute Gasteiger partial charge is 0.235 e. The lowest BCUT2D eigenvalue weighted by molar-refractivity contribution is -0.113. The van der Waals surface area contributed by atoms with Crippen molar-refractivity contribution in [2.45, 2.75) is 45.2 Å². The van der Waals surface area contributed by atoms with Crippen molar-refractivity contribution in [3.8, 4) is 28.9 Å². The standard InChI is InChI=1S/C29H28BrN5O2S2/c1-29(2,3)17-9-11-20-22(15-31)27(39-24(20)13-17)32-25(37)16-38-28-34-33-26(21-14-18(30)10-12-23(21)36)35(28)19-7-5-4-6-8-19/h4-8,10,12,14,17,36H,9,11,13,16H2,1-3H3,(H,32,37)/t17-/m1/s1. The molecule has 1 amide bonds. The van der Waals surface area contributed by atoms with Crippen LogP contribution in [0, 0.1) is 22.7 Å². The molecule has 2 aromatic carbocycles. The van der Waals surface area contributed by atoms with Gasteiger partial charge < -0.3 is 10.4 Å². The molecule has 0 spiro atoms. The molecule has 4 aromatic rings. The third kappa shape index (κ3) is 5.76. The summed E-state index contributed by atoms with van der Waals surface area (Å²) in [4.78, 5) is 14.3. The van der Waals surface area contributed by atoms with Gasteiger partial charge in [-0.25, -0.2) is 0 Å². The first kappa shape index (κ1) is 27.4. The Morgan fingerprint density at radius 2 is 2.03 bits per heavy atom. The van der Waals surface area contributed by atoms with E-state index in [1.807, 2.05) is 34.9 Å². The van der Waals surface area contributed by atoms with Gasteiger partial charge >= 0.3 is 0 Å². The van der Waals surface area contributed by atoms with E-state index in [-0.39, 0.29) is 22.8 Å². The largest absolute Gasteiger partial charge is 0.507 e. The Kier molecular flexibility index (Phi) is 7.85. The molecule has 10 heteroatoms. The van der Waals surface area contributed by atoms with Crippen molar-refractivity contribution in [1.82, 2.24) is 14.8 Å². The van der Waals surface area contributed by atoms with E-state index in [1.165, 1.54) is 28.0 Å². The SMILES string of the molecule is CC(C)(C)[C@@H]1CCc2c(sc(NC(=O)CSc3nnc(-c4cc(Br)ccc4O)n3-c3ccccc3)c2C#N)C1. The number of phenolic OH excluding ortho intramolecular Hbond substituents is 1.